The summed E-state index contributed by atoms with van der Waals surface area (Å²) in [4.78, 5) is 0. The molecule has 0 spiro atoms. The van der Waals surface area contributed by atoms with E-state index >= 15 is 0 Å². The first-order valence-corrected chi connectivity index (χ1v) is 5.47. The molecule has 3 aromatic rings. The quantitative estimate of drug-likeness (QED) is 0.653. The van der Waals surface area contributed by atoms with E-state index in [2.05, 4.69) is 16.7 Å². The third-order valence-corrected chi connectivity index (χ3v) is 2.98. The maximum Gasteiger partial charge on any atom is 0.0952 e. The first kappa shape index (κ1) is 9.55. The SMILES string of the molecule is Clc1cccc2ccn(Cc3ccoc3)c12. The van der Waals surface area contributed by atoms with E-state index in [1.54, 1.807) is 12.5 Å². The molecule has 3 heteroatoms. The molecular formula is C13H10ClNO. The molecule has 3 rings (SSSR count). The van der Waals surface area contributed by atoms with Gasteiger partial charge in [0.1, 0.15) is 0 Å². The maximum absolute atomic E-state index is 6.20. The number of hydrogen-bond acceptors (Lipinski definition) is 1. The second-order valence-electron chi connectivity index (χ2n) is 3.75. The molecule has 0 aliphatic carbocycles. The maximum atomic E-state index is 6.20. The highest BCUT2D eigenvalue weighted by atomic mass is 35.5. The lowest BCUT2D eigenvalue weighted by atomic mass is 10.2. The van der Waals surface area contributed by atoms with E-state index < -0.39 is 0 Å². The van der Waals surface area contributed by atoms with Gasteiger partial charge in [-0.2, -0.15) is 0 Å². The first-order chi connectivity index (χ1) is 7.84. The molecule has 0 radical (unpaired) electrons. The van der Waals surface area contributed by atoms with Crippen LogP contribution in [0.5, 0.6) is 0 Å². The number of nitrogens with zero attached hydrogens (tertiary/aromatic N) is 1. The van der Waals surface area contributed by atoms with E-state index in [1.165, 1.54) is 0 Å². The van der Waals surface area contributed by atoms with Crippen molar-refractivity contribution in [2.24, 2.45) is 0 Å². The molecule has 0 saturated carbocycles. The third kappa shape index (κ3) is 1.51. The van der Waals surface area contributed by atoms with Crippen molar-refractivity contribution in [3.8, 4) is 0 Å². The zero-order valence-electron chi connectivity index (χ0n) is 8.56. The number of hydrogen-bond donors (Lipinski definition) is 0. The molecule has 1 aromatic carbocycles. The summed E-state index contributed by atoms with van der Waals surface area (Å²) in [5.74, 6) is 0. The predicted octanol–water partition coefficient (Wildman–Crippen LogP) is 3.94. The van der Waals surface area contributed by atoms with Gasteiger partial charge < -0.3 is 8.98 Å². The molecular weight excluding hydrogens is 222 g/mol. The summed E-state index contributed by atoms with van der Waals surface area (Å²) in [5, 5.41) is 1.95. The molecule has 0 amide bonds. The number of rotatable bonds is 2. The van der Waals surface area contributed by atoms with E-state index in [0.29, 0.717) is 0 Å². The van der Waals surface area contributed by atoms with Gasteiger partial charge in [0.15, 0.2) is 0 Å². The van der Waals surface area contributed by atoms with Crippen LogP contribution in [-0.4, -0.2) is 4.57 Å². The summed E-state index contributed by atoms with van der Waals surface area (Å²) in [6.07, 6.45) is 5.48. The van der Waals surface area contributed by atoms with Crippen molar-refractivity contribution in [3.63, 3.8) is 0 Å². The van der Waals surface area contributed by atoms with Crippen molar-refractivity contribution in [2.75, 3.05) is 0 Å². The molecule has 0 aliphatic heterocycles. The van der Waals surface area contributed by atoms with Crippen LogP contribution >= 0.6 is 11.6 Å². The molecule has 0 aliphatic rings. The standard InChI is InChI=1S/C13H10ClNO/c14-12-3-1-2-11-4-6-15(13(11)12)8-10-5-7-16-9-10/h1-7,9H,8H2. The second-order valence-corrected chi connectivity index (χ2v) is 4.16. The summed E-state index contributed by atoms with van der Waals surface area (Å²) in [7, 11) is 0. The smallest absolute Gasteiger partial charge is 0.0952 e. The zero-order chi connectivity index (χ0) is 11.0. The Balaban J connectivity index is 2.10. The number of para-hydroxylation sites is 1. The fourth-order valence-corrected chi connectivity index (χ4v) is 2.22. The van der Waals surface area contributed by atoms with E-state index in [4.69, 9.17) is 16.0 Å². The Kier molecular flexibility index (Phi) is 2.22. The molecule has 0 bridgehead atoms. The lowest BCUT2D eigenvalue weighted by Crippen LogP contribution is -1.96. The van der Waals surface area contributed by atoms with Crippen LogP contribution in [0.1, 0.15) is 5.56 Å². The molecule has 2 heterocycles. The van der Waals surface area contributed by atoms with Gasteiger partial charge in [0.2, 0.25) is 0 Å². The van der Waals surface area contributed by atoms with Crippen molar-refractivity contribution < 1.29 is 4.42 Å². The Morgan fingerprint density at radius 1 is 1.19 bits per heavy atom. The number of benzene rings is 1. The van der Waals surface area contributed by atoms with Gasteiger partial charge in [0, 0.05) is 17.1 Å². The Morgan fingerprint density at radius 3 is 2.94 bits per heavy atom. The van der Waals surface area contributed by atoms with Crippen LogP contribution in [0, 0.1) is 0 Å². The number of aromatic nitrogens is 1. The lowest BCUT2D eigenvalue weighted by Gasteiger charge is -2.04. The van der Waals surface area contributed by atoms with Gasteiger partial charge >= 0.3 is 0 Å². The van der Waals surface area contributed by atoms with E-state index in [-0.39, 0.29) is 0 Å². The van der Waals surface area contributed by atoms with Crippen molar-refractivity contribution >= 4 is 22.5 Å². The monoisotopic (exact) mass is 231 g/mol. The predicted molar refractivity (Wildman–Crippen MR) is 64.8 cm³/mol. The topological polar surface area (TPSA) is 18.1 Å². The number of halogens is 1. The highest BCUT2D eigenvalue weighted by Gasteiger charge is 2.05. The second kappa shape index (κ2) is 3.72. The number of furan rings is 1. The van der Waals surface area contributed by atoms with Crippen LogP contribution < -0.4 is 0 Å². The molecule has 0 unspecified atom stereocenters. The Hall–Kier alpha value is -1.67. The van der Waals surface area contributed by atoms with Gasteiger partial charge in [-0.3, -0.25) is 0 Å². The van der Waals surface area contributed by atoms with Gasteiger partial charge in [-0.1, -0.05) is 23.7 Å². The fourth-order valence-electron chi connectivity index (χ4n) is 1.93. The van der Waals surface area contributed by atoms with Crippen molar-refractivity contribution in [1.29, 1.82) is 0 Å². The van der Waals surface area contributed by atoms with Crippen LogP contribution in [0.2, 0.25) is 5.02 Å². The molecule has 0 saturated heterocycles. The first-order valence-electron chi connectivity index (χ1n) is 5.09. The normalized spacial score (nSPS) is 11.1. The average molecular weight is 232 g/mol. The minimum absolute atomic E-state index is 0.781. The van der Waals surface area contributed by atoms with E-state index in [1.807, 2.05) is 24.4 Å². The van der Waals surface area contributed by atoms with E-state index in [0.717, 1.165) is 28.0 Å². The fraction of sp³-hybridized carbons (Fsp3) is 0.0769. The van der Waals surface area contributed by atoms with Crippen molar-refractivity contribution in [2.45, 2.75) is 6.54 Å². The summed E-state index contributed by atoms with van der Waals surface area (Å²) in [6, 6.07) is 9.97. The summed E-state index contributed by atoms with van der Waals surface area (Å²) in [5.41, 5.74) is 2.21. The highest BCUT2D eigenvalue weighted by Crippen LogP contribution is 2.25. The molecule has 0 fully saturated rings. The van der Waals surface area contributed by atoms with Crippen LogP contribution in [0.15, 0.2) is 53.5 Å². The Morgan fingerprint density at radius 2 is 2.12 bits per heavy atom. The van der Waals surface area contributed by atoms with Crippen LogP contribution in [-0.2, 0) is 6.54 Å². The molecule has 0 N–H and O–H groups in total. The molecule has 16 heavy (non-hydrogen) atoms. The van der Waals surface area contributed by atoms with Crippen molar-refractivity contribution in [1.82, 2.24) is 4.57 Å². The van der Waals surface area contributed by atoms with Gasteiger partial charge in [0.05, 0.1) is 29.6 Å². The summed E-state index contributed by atoms with van der Waals surface area (Å²) in [6.45, 7) is 0.781. The largest absolute Gasteiger partial charge is 0.472 e. The number of fused-ring (bicyclic) bond motifs is 1. The third-order valence-electron chi connectivity index (χ3n) is 2.67. The highest BCUT2D eigenvalue weighted by molar-refractivity contribution is 6.35. The van der Waals surface area contributed by atoms with Crippen molar-refractivity contribution in [3.05, 3.63) is 59.6 Å². The van der Waals surface area contributed by atoms with Gasteiger partial charge in [0.25, 0.3) is 0 Å². The van der Waals surface area contributed by atoms with E-state index in [9.17, 15) is 0 Å². The van der Waals surface area contributed by atoms with Gasteiger partial charge in [-0.05, 0) is 18.2 Å². The Labute approximate surface area is 98.1 Å². The van der Waals surface area contributed by atoms with Gasteiger partial charge in [-0.25, -0.2) is 0 Å². The molecule has 80 valence electrons. The summed E-state index contributed by atoms with van der Waals surface area (Å²) < 4.78 is 7.19. The van der Waals surface area contributed by atoms with Crippen LogP contribution in [0.25, 0.3) is 10.9 Å². The Bertz CT molecular complexity index is 610. The molecule has 2 aromatic heterocycles. The average Bonchev–Trinajstić information content (AvgIpc) is 2.90. The minimum atomic E-state index is 0.781. The lowest BCUT2D eigenvalue weighted by molar-refractivity contribution is 0.562. The molecule has 0 atom stereocenters. The summed E-state index contributed by atoms with van der Waals surface area (Å²) >= 11 is 6.20. The van der Waals surface area contributed by atoms with Crippen LogP contribution in [0.3, 0.4) is 0 Å². The van der Waals surface area contributed by atoms with Crippen LogP contribution in [0.4, 0.5) is 0 Å². The molecule has 2 nitrogen and oxygen atoms in total. The zero-order valence-corrected chi connectivity index (χ0v) is 9.32. The van der Waals surface area contributed by atoms with Gasteiger partial charge in [-0.15, -0.1) is 0 Å². The minimum Gasteiger partial charge on any atom is -0.472 e.